The Morgan fingerprint density at radius 2 is 2.08 bits per heavy atom. The smallest absolute Gasteiger partial charge is 0.227 e. The summed E-state index contributed by atoms with van der Waals surface area (Å²) >= 11 is 5.96. The number of aryl methyl sites for hydroxylation is 1. The number of halogens is 1. The highest BCUT2D eigenvalue weighted by Crippen LogP contribution is 2.20. The zero-order valence-electron chi connectivity index (χ0n) is 14.2. The molecule has 26 heavy (non-hydrogen) atoms. The molecule has 6 nitrogen and oxygen atoms in total. The number of hydrogen-bond acceptors (Lipinski definition) is 5. The Kier molecular flexibility index (Phi) is 5.86. The third-order valence-corrected chi connectivity index (χ3v) is 4.02. The fraction of sp³-hybridized carbons (Fsp3) is 0.211. The highest BCUT2D eigenvalue weighted by Gasteiger charge is 2.11. The molecular formula is C19H18ClN3O3. The lowest BCUT2D eigenvalue weighted by molar-refractivity contribution is -0.121. The molecular weight excluding hydrogens is 354 g/mol. The second-order valence-corrected chi connectivity index (χ2v) is 6.05. The van der Waals surface area contributed by atoms with Crippen molar-refractivity contribution in [3.63, 3.8) is 0 Å². The minimum atomic E-state index is -0.0987. The van der Waals surface area contributed by atoms with Crippen LogP contribution in [0.3, 0.4) is 0 Å². The van der Waals surface area contributed by atoms with Crippen LogP contribution in [-0.2, 0) is 17.8 Å². The van der Waals surface area contributed by atoms with Gasteiger partial charge in [0.2, 0.25) is 17.6 Å². The molecule has 0 aliphatic heterocycles. The summed E-state index contributed by atoms with van der Waals surface area (Å²) in [5, 5.41) is 7.39. The molecule has 3 aromatic rings. The van der Waals surface area contributed by atoms with Crippen LogP contribution in [0.25, 0.3) is 11.4 Å². The topological polar surface area (TPSA) is 77.2 Å². The average Bonchev–Trinajstić information content (AvgIpc) is 3.14. The van der Waals surface area contributed by atoms with E-state index in [9.17, 15) is 4.79 Å². The molecule has 0 atom stereocenters. The second kappa shape index (κ2) is 8.49. The Balaban J connectivity index is 1.52. The van der Waals surface area contributed by atoms with Gasteiger partial charge in [-0.1, -0.05) is 47.1 Å². The van der Waals surface area contributed by atoms with Crippen LogP contribution in [-0.4, -0.2) is 23.2 Å². The van der Waals surface area contributed by atoms with E-state index in [1.54, 1.807) is 19.2 Å². The predicted octanol–water partition coefficient (Wildman–Crippen LogP) is 3.65. The maximum absolute atomic E-state index is 12.1. The van der Waals surface area contributed by atoms with E-state index in [1.807, 2.05) is 36.4 Å². The number of benzene rings is 2. The highest BCUT2D eigenvalue weighted by atomic mass is 35.5. The molecule has 0 unspecified atom stereocenters. The molecule has 0 saturated carbocycles. The lowest BCUT2D eigenvalue weighted by atomic mass is 10.2. The zero-order chi connectivity index (χ0) is 18.4. The van der Waals surface area contributed by atoms with Crippen LogP contribution >= 0.6 is 11.6 Å². The Bertz CT molecular complexity index is 895. The number of amides is 1. The SMILES string of the molecule is COc1ccccc1CNC(=O)CCc1nc(-c2cccc(Cl)c2)no1. The fourth-order valence-corrected chi connectivity index (χ4v) is 2.64. The molecule has 2 aromatic carbocycles. The van der Waals surface area contributed by atoms with Crippen LogP contribution in [0.4, 0.5) is 0 Å². The van der Waals surface area contributed by atoms with Crippen molar-refractivity contribution in [3.8, 4) is 17.1 Å². The molecule has 0 saturated heterocycles. The molecule has 0 fully saturated rings. The number of ether oxygens (including phenoxy) is 1. The van der Waals surface area contributed by atoms with E-state index in [-0.39, 0.29) is 12.3 Å². The van der Waals surface area contributed by atoms with Crippen molar-refractivity contribution in [3.05, 3.63) is 65.0 Å². The first-order valence-corrected chi connectivity index (χ1v) is 8.50. The normalized spacial score (nSPS) is 10.5. The largest absolute Gasteiger partial charge is 0.496 e. The van der Waals surface area contributed by atoms with Crippen molar-refractivity contribution >= 4 is 17.5 Å². The lowest BCUT2D eigenvalue weighted by Crippen LogP contribution is -2.23. The van der Waals surface area contributed by atoms with Crippen LogP contribution in [0.1, 0.15) is 17.9 Å². The van der Waals surface area contributed by atoms with Gasteiger partial charge in [-0.25, -0.2) is 0 Å². The van der Waals surface area contributed by atoms with E-state index in [0.29, 0.717) is 29.7 Å². The quantitative estimate of drug-likeness (QED) is 0.686. The fourth-order valence-electron chi connectivity index (χ4n) is 2.45. The highest BCUT2D eigenvalue weighted by molar-refractivity contribution is 6.30. The van der Waals surface area contributed by atoms with E-state index in [0.717, 1.165) is 16.9 Å². The van der Waals surface area contributed by atoms with Gasteiger partial charge in [-0.15, -0.1) is 0 Å². The number of para-hydroxylation sites is 1. The van der Waals surface area contributed by atoms with Crippen molar-refractivity contribution in [1.29, 1.82) is 0 Å². The lowest BCUT2D eigenvalue weighted by Gasteiger charge is -2.09. The number of carbonyl (C=O) groups is 1. The standard InChI is InChI=1S/C19H18ClN3O3/c1-25-16-8-3-2-5-14(16)12-21-17(24)9-10-18-22-19(23-26-18)13-6-4-7-15(20)11-13/h2-8,11H,9-10,12H2,1H3,(H,21,24). The number of aromatic nitrogens is 2. The number of hydrogen-bond donors (Lipinski definition) is 1. The molecule has 0 radical (unpaired) electrons. The van der Waals surface area contributed by atoms with E-state index in [1.165, 1.54) is 0 Å². The van der Waals surface area contributed by atoms with Gasteiger partial charge in [0.25, 0.3) is 0 Å². The molecule has 0 bridgehead atoms. The summed E-state index contributed by atoms with van der Waals surface area (Å²) in [6, 6.07) is 14.8. The van der Waals surface area contributed by atoms with E-state index < -0.39 is 0 Å². The van der Waals surface area contributed by atoms with Crippen molar-refractivity contribution in [2.45, 2.75) is 19.4 Å². The zero-order valence-corrected chi connectivity index (χ0v) is 15.0. The number of rotatable bonds is 7. The second-order valence-electron chi connectivity index (χ2n) is 5.61. The van der Waals surface area contributed by atoms with Gasteiger partial charge in [-0.2, -0.15) is 4.98 Å². The number of methoxy groups -OCH3 is 1. The summed E-state index contributed by atoms with van der Waals surface area (Å²) < 4.78 is 10.5. The maximum atomic E-state index is 12.1. The first kappa shape index (κ1) is 17.9. The summed E-state index contributed by atoms with van der Waals surface area (Å²) in [6.07, 6.45) is 0.623. The number of carbonyl (C=O) groups excluding carboxylic acids is 1. The van der Waals surface area contributed by atoms with Crippen LogP contribution in [0.5, 0.6) is 5.75 Å². The summed E-state index contributed by atoms with van der Waals surface area (Å²) in [6.45, 7) is 0.403. The first-order chi connectivity index (χ1) is 12.7. The van der Waals surface area contributed by atoms with Gasteiger partial charge in [-0.05, 0) is 18.2 Å². The Morgan fingerprint density at radius 1 is 1.23 bits per heavy atom. The molecule has 1 N–H and O–H groups in total. The molecule has 1 heterocycles. The Hall–Kier alpha value is -2.86. The van der Waals surface area contributed by atoms with Gasteiger partial charge in [0.15, 0.2) is 0 Å². The van der Waals surface area contributed by atoms with Gasteiger partial charge in [-0.3, -0.25) is 4.79 Å². The molecule has 0 spiro atoms. The van der Waals surface area contributed by atoms with Gasteiger partial charge in [0.05, 0.1) is 7.11 Å². The first-order valence-electron chi connectivity index (χ1n) is 8.13. The minimum absolute atomic E-state index is 0.0987. The monoisotopic (exact) mass is 371 g/mol. The molecule has 3 rings (SSSR count). The summed E-state index contributed by atoms with van der Waals surface area (Å²) in [7, 11) is 1.60. The summed E-state index contributed by atoms with van der Waals surface area (Å²) in [4.78, 5) is 16.4. The van der Waals surface area contributed by atoms with Crippen molar-refractivity contribution in [2.24, 2.45) is 0 Å². The molecule has 1 aromatic heterocycles. The predicted molar refractivity (Wildman–Crippen MR) is 97.9 cm³/mol. The maximum Gasteiger partial charge on any atom is 0.227 e. The molecule has 1 amide bonds. The van der Waals surface area contributed by atoms with Gasteiger partial charge in [0, 0.05) is 35.5 Å². The minimum Gasteiger partial charge on any atom is -0.496 e. The third-order valence-electron chi connectivity index (χ3n) is 3.79. The van der Waals surface area contributed by atoms with Crippen LogP contribution in [0.15, 0.2) is 53.1 Å². The Labute approximate surface area is 156 Å². The van der Waals surface area contributed by atoms with E-state index >= 15 is 0 Å². The molecule has 134 valence electrons. The van der Waals surface area contributed by atoms with E-state index in [2.05, 4.69) is 15.5 Å². The molecule has 0 aliphatic carbocycles. The van der Waals surface area contributed by atoms with Crippen molar-refractivity contribution in [1.82, 2.24) is 15.5 Å². The Morgan fingerprint density at radius 3 is 2.88 bits per heavy atom. The van der Waals surface area contributed by atoms with Crippen LogP contribution in [0.2, 0.25) is 5.02 Å². The van der Waals surface area contributed by atoms with Crippen molar-refractivity contribution < 1.29 is 14.1 Å². The summed E-state index contributed by atoms with van der Waals surface area (Å²) in [5.74, 6) is 1.51. The van der Waals surface area contributed by atoms with Gasteiger partial charge >= 0.3 is 0 Å². The number of nitrogens with zero attached hydrogens (tertiary/aromatic N) is 2. The van der Waals surface area contributed by atoms with Crippen LogP contribution < -0.4 is 10.1 Å². The van der Waals surface area contributed by atoms with Crippen molar-refractivity contribution in [2.75, 3.05) is 7.11 Å². The van der Waals surface area contributed by atoms with E-state index in [4.69, 9.17) is 20.9 Å². The van der Waals surface area contributed by atoms with Crippen LogP contribution in [0, 0.1) is 0 Å². The average molecular weight is 372 g/mol. The molecule has 7 heteroatoms. The molecule has 0 aliphatic rings. The number of nitrogens with one attached hydrogen (secondary N) is 1. The third kappa shape index (κ3) is 4.61. The van der Waals surface area contributed by atoms with Gasteiger partial charge in [0.1, 0.15) is 5.75 Å². The summed E-state index contributed by atoms with van der Waals surface area (Å²) in [5.41, 5.74) is 1.69. The van der Waals surface area contributed by atoms with Gasteiger partial charge < -0.3 is 14.6 Å².